The number of rotatable bonds is 7. The van der Waals surface area contributed by atoms with Crippen LogP contribution in [0, 0.1) is 0 Å². The molecule has 0 bridgehead atoms. The van der Waals surface area contributed by atoms with Gasteiger partial charge in [0, 0.05) is 15.6 Å². The Morgan fingerprint density at radius 1 is 1.00 bits per heavy atom. The zero-order valence-corrected chi connectivity index (χ0v) is 16.8. The number of hydrogen-bond acceptors (Lipinski definition) is 6. The van der Waals surface area contributed by atoms with E-state index in [1.165, 1.54) is 25.6 Å². The van der Waals surface area contributed by atoms with Gasteiger partial charge in [-0.05, 0) is 12.1 Å². The molecule has 0 saturated carbocycles. The third-order valence-electron chi connectivity index (χ3n) is 4.09. The summed E-state index contributed by atoms with van der Waals surface area (Å²) in [7, 11) is 4.58. The van der Waals surface area contributed by atoms with Crippen LogP contribution in [0.5, 0.6) is 17.2 Å². The fraction of sp³-hybridized carbons (Fsp3) is 0.250. The topological polar surface area (TPSA) is 54.0 Å². The normalized spacial score (nSPS) is 10.7. The molecule has 3 aromatic rings. The van der Waals surface area contributed by atoms with Gasteiger partial charge in [-0.1, -0.05) is 35.9 Å². The van der Waals surface area contributed by atoms with Gasteiger partial charge in [0.15, 0.2) is 11.5 Å². The highest BCUT2D eigenvalue weighted by molar-refractivity contribution is 7.19. The summed E-state index contributed by atoms with van der Waals surface area (Å²) in [6, 6.07) is 11.3. The van der Waals surface area contributed by atoms with Crippen molar-refractivity contribution in [1.29, 1.82) is 0 Å². The maximum absolute atomic E-state index is 12.3. The minimum Gasteiger partial charge on any atom is -0.493 e. The van der Waals surface area contributed by atoms with Crippen molar-refractivity contribution in [2.24, 2.45) is 0 Å². The van der Waals surface area contributed by atoms with Crippen molar-refractivity contribution < 1.29 is 23.7 Å². The molecule has 0 aliphatic carbocycles. The van der Waals surface area contributed by atoms with E-state index in [9.17, 15) is 4.79 Å². The molecule has 1 aromatic heterocycles. The van der Waals surface area contributed by atoms with Gasteiger partial charge in [-0.3, -0.25) is 4.79 Å². The van der Waals surface area contributed by atoms with Crippen LogP contribution >= 0.6 is 22.9 Å². The average molecular weight is 407 g/mol. The van der Waals surface area contributed by atoms with Crippen molar-refractivity contribution in [2.45, 2.75) is 13.0 Å². The minimum absolute atomic E-state index is 0.0477. The molecule has 0 unspecified atom stereocenters. The average Bonchev–Trinajstić information content (AvgIpc) is 3.01. The van der Waals surface area contributed by atoms with E-state index >= 15 is 0 Å². The lowest BCUT2D eigenvalue weighted by Crippen LogP contribution is -2.09. The summed E-state index contributed by atoms with van der Waals surface area (Å²) in [5.74, 6) is 1.05. The van der Waals surface area contributed by atoms with Gasteiger partial charge in [-0.2, -0.15) is 0 Å². The maximum Gasteiger partial charge on any atom is 0.310 e. The third-order valence-corrected chi connectivity index (χ3v) is 5.77. The van der Waals surface area contributed by atoms with Gasteiger partial charge in [0.25, 0.3) is 0 Å². The second-order valence-corrected chi connectivity index (χ2v) is 7.18. The Morgan fingerprint density at radius 2 is 1.74 bits per heavy atom. The molecule has 0 atom stereocenters. The number of methoxy groups -OCH3 is 3. The number of halogens is 1. The molecule has 0 aliphatic heterocycles. The monoisotopic (exact) mass is 406 g/mol. The first-order chi connectivity index (χ1) is 13.1. The second kappa shape index (κ2) is 8.50. The van der Waals surface area contributed by atoms with Crippen molar-refractivity contribution in [2.75, 3.05) is 21.3 Å². The third kappa shape index (κ3) is 3.96. The Morgan fingerprint density at radius 3 is 2.41 bits per heavy atom. The van der Waals surface area contributed by atoms with E-state index < -0.39 is 0 Å². The molecule has 27 heavy (non-hydrogen) atoms. The van der Waals surface area contributed by atoms with Crippen LogP contribution in [-0.2, 0) is 22.6 Å². The second-order valence-electron chi connectivity index (χ2n) is 5.67. The van der Waals surface area contributed by atoms with E-state index in [2.05, 4.69) is 0 Å². The molecule has 3 rings (SSSR count). The summed E-state index contributed by atoms with van der Waals surface area (Å²) in [6.07, 6.45) is 0.0477. The van der Waals surface area contributed by atoms with Crippen LogP contribution in [0.3, 0.4) is 0 Å². The number of esters is 1. The standard InChI is InChI=1S/C20H19ClO5S/c1-23-14-9-8-12(19(24-2)20(14)25-3)10-17(22)26-11-16-18(21)13-6-4-5-7-15(13)27-16/h4-9H,10-11H2,1-3H3. The van der Waals surface area contributed by atoms with Crippen LogP contribution < -0.4 is 14.2 Å². The van der Waals surface area contributed by atoms with Crippen LogP contribution in [0.4, 0.5) is 0 Å². The van der Waals surface area contributed by atoms with E-state index in [0.717, 1.165) is 15.0 Å². The van der Waals surface area contributed by atoms with E-state index in [4.69, 9.17) is 30.5 Å². The molecule has 0 N–H and O–H groups in total. The van der Waals surface area contributed by atoms with Gasteiger partial charge in [0.05, 0.1) is 37.6 Å². The van der Waals surface area contributed by atoms with Crippen LogP contribution in [0.1, 0.15) is 10.4 Å². The first-order valence-electron chi connectivity index (χ1n) is 8.18. The van der Waals surface area contributed by atoms with Gasteiger partial charge >= 0.3 is 5.97 Å². The van der Waals surface area contributed by atoms with Crippen LogP contribution in [0.2, 0.25) is 5.02 Å². The molecule has 0 spiro atoms. The van der Waals surface area contributed by atoms with Gasteiger partial charge in [0.1, 0.15) is 6.61 Å². The minimum atomic E-state index is -0.381. The van der Waals surface area contributed by atoms with Gasteiger partial charge < -0.3 is 18.9 Å². The molecule has 1 heterocycles. The van der Waals surface area contributed by atoms with Crippen molar-refractivity contribution in [3.63, 3.8) is 0 Å². The van der Waals surface area contributed by atoms with Gasteiger partial charge in [0.2, 0.25) is 5.75 Å². The van der Waals surface area contributed by atoms with Crippen molar-refractivity contribution in [1.82, 2.24) is 0 Å². The number of thiophene rings is 1. The number of carbonyl (C=O) groups is 1. The quantitative estimate of drug-likeness (QED) is 0.524. The Balaban J connectivity index is 1.73. The smallest absolute Gasteiger partial charge is 0.310 e. The number of hydrogen-bond donors (Lipinski definition) is 0. The van der Waals surface area contributed by atoms with E-state index in [-0.39, 0.29) is 19.0 Å². The number of fused-ring (bicyclic) bond motifs is 1. The molecule has 7 heteroatoms. The molecule has 142 valence electrons. The zero-order chi connectivity index (χ0) is 19.4. The zero-order valence-electron chi connectivity index (χ0n) is 15.2. The highest BCUT2D eigenvalue weighted by Gasteiger charge is 2.19. The molecule has 0 fully saturated rings. The predicted octanol–water partition coefficient (Wildman–Crippen LogP) is 4.87. The summed E-state index contributed by atoms with van der Waals surface area (Å²) in [4.78, 5) is 13.2. The Hall–Kier alpha value is -2.44. The first kappa shape index (κ1) is 19.3. The van der Waals surface area contributed by atoms with Crippen LogP contribution in [-0.4, -0.2) is 27.3 Å². The highest BCUT2D eigenvalue weighted by atomic mass is 35.5. The van der Waals surface area contributed by atoms with E-state index in [1.807, 2.05) is 24.3 Å². The van der Waals surface area contributed by atoms with Crippen LogP contribution in [0.15, 0.2) is 36.4 Å². The summed E-state index contributed by atoms with van der Waals surface area (Å²) < 4.78 is 22.5. The lowest BCUT2D eigenvalue weighted by molar-refractivity contribution is -0.144. The first-order valence-corrected chi connectivity index (χ1v) is 9.37. The molecule has 0 radical (unpaired) electrons. The molecular formula is C20H19ClO5S. The maximum atomic E-state index is 12.3. The van der Waals surface area contributed by atoms with Crippen molar-refractivity contribution in [3.8, 4) is 17.2 Å². The Bertz CT molecular complexity index is 966. The van der Waals surface area contributed by atoms with E-state index in [1.54, 1.807) is 19.2 Å². The van der Waals surface area contributed by atoms with Crippen molar-refractivity contribution in [3.05, 3.63) is 51.9 Å². The predicted molar refractivity (Wildman–Crippen MR) is 106 cm³/mol. The molecule has 2 aromatic carbocycles. The summed E-state index contributed by atoms with van der Waals surface area (Å²) in [5.41, 5.74) is 0.655. The number of benzene rings is 2. The summed E-state index contributed by atoms with van der Waals surface area (Å²) in [5, 5.41) is 1.60. The molecule has 5 nitrogen and oxygen atoms in total. The number of ether oxygens (including phenoxy) is 4. The summed E-state index contributed by atoms with van der Waals surface area (Å²) >= 11 is 7.91. The van der Waals surface area contributed by atoms with Gasteiger partial charge in [-0.15, -0.1) is 11.3 Å². The molecule has 0 amide bonds. The molecule has 0 aliphatic rings. The fourth-order valence-electron chi connectivity index (χ4n) is 2.81. The number of carbonyl (C=O) groups excluding carboxylic acids is 1. The van der Waals surface area contributed by atoms with Crippen molar-refractivity contribution >= 4 is 39.0 Å². The summed E-state index contributed by atoms with van der Waals surface area (Å²) in [6.45, 7) is 0.132. The largest absolute Gasteiger partial charge is 0.493 e. The molecular weight excluding hydrogens is 388 g/mol. The highest BCUT2D eigenvalue weighted by Crippen LogP contribution is 2.40. The van der Waals surface area contributed by atoms with Crippen LogP contribution in [0.25, 0.3) is 10.1 Å². The SMILES string of the molecule is COc1ccc(CC(=O)OCc2sc3ccccc3c2Cl)c(OC)c1OC. The van der Waals surface area contributed by atoms with Gasteiger partial charge in [-0.25, -0.2) is 0 Å². The molecule has 0 saturated heterocycles. The lowest BCUT2D eigenvalue weighted by Gasteiger charge is -2.15. The Labute approximate surface area is 166 Å². The fourth-order valence-corrected chi connectivity index (χ4v) is 4.21. The van der Waals surface area contributed by atoms with E-state index in [0.29, 0.717) is 27.8 Å². The lowest BCUT2D eigenvalue weighted by atomic mass is 10.1. The Kier molecular flexibility index (Phi) is 6.08.